The quantitative estimate of drug-likeness (QED) is 0.565. The average molecular weight is 123 g/mol. The third-order valence-electron chi connectivity index (χ3n) is 0.910. The van der Waals surface area contributed by atoms with E-state index in [4.69, 9.17) is 11.3 Å². The van der Waals surface area contributed by atoms with Crippen molar-refractivity contribution in [1.82, 2.24) is 10.2 Å². The maximum Gasteiger partial charge on any atom is 0.265 e. The number of ether oxygens (including phenoxy) is 1. The Morgan fingerprint density at radius 1 is 1.89 bits per heavy atom. The lowest BCUT2D eigenvalue weighted by molar-refractivity contribution is 0.399. The Balaban J connectivity index is 3.02. The SMILES string of the molecule is [C-]#[N+]c1cn[nH]c1OC. The molecule has 0 amide bonds. The zero-order valence-electron chi connectivity index (χ0n) is 4.88. The van der Waals surface area contributed by atoms with E-state index in [0.29, 0.717) is 11.6 Å². The second-order valence-electron chi connectivity index (χ2n) is 1.40. The maximum atomic E-state index is 6.59. The Labute approximate surface area is 52.3 Å². The Morgan fingerprint density at radius 2 is 2.67 bits per heavy atom. The van der Waals surface area contributed by atoms with Crippen LogP contribution in [0.5, 0.6) is 5.88 Å². The summed E-state index contributed by atoms with van der Waals surface area (Å²) in [6.07, 6.45) is 1.42. The molecular formula is C5H5N3O. The van der Waals surface area contributed by atoms with Crippen molar-refractivity contribution < 1.29 is 4.74 Å². The predicted octanol–water partition coefficient (Wildman–Crippen LogP) is 0.969. The highest BCUT2D eigenvalue weighted by atomic mass is 16.5. The minimum absolute atomic E-state index is 0.414. The zero-order valence-corrected chi connectivity index (χ0v) is 4.88. The van der Waals surface area contributed by atoms with Crippen molar-refractivity contribution in [2.24, 2.45) is 0 Å². The van der Waals surface area contributed by atoms with E-state index in [-0.39, 0.29) is 0 Å². The number of aromatic nitrogens is 2. The number of hydrogen-bond acceptors (Lipinski definition) is 2. The van der Waals surface area contributed by atoms with E-state index >= 15 is 0 Å². The van der Waals surface area contributed by atoms with E-state index < -0.39 is 0 Å². The number of nitrogens with one attached hydrogen (secondary N) is 1. The van der Waals surface area contributed by atoms with Crippen LogP contribution in [0.15, 0.2) is 6.20 Å². The van der Waals surface area contributed by atoms with Gasteiger partial charge in [-0.1, -0.05) is 0 Å². The number of nitrogens with zero attached hydrogens (tertiary/aromatic N) is 2. The first-order chi connectivity index (χ1) is 4.38. The predicted molar refractivity (Wildman–Crippen MR) is 31.4 cm³/mol. The molecule has 9 heavy (non-hydrogen) atoms. The fourth-order valence-corrected chi connectivity index (χ4v) is 0.498. The van der Waals surface area contributed by atoms with Gasteiger partial charge < -0.3 is 4.74 Å². The average Bonchev–Trinajstić information content (AvgIpc) is 2.33. The Morgan fingerprint density at radius 3 is 3.11 bits per heavy atom. The maximum absolute atomic E-state index is 6.59. The summed E-state index contributed by atoms with van der Waals surface area (Å²) in [6, 6.07) is 0. The summed E-state index contributed by atoms with van der Waals surface area (Å²) in [6.45, 7) is 6.59. The molecule has 0 atom stereocenters. The van der Waals surface area contributed by atoms with Crippen LogP contribution in [0.2, 0.25) is 0 Å². The molecule has 0 saturated heterocycles. The molecule has 0 spiro atoms. The molecule has 1 aromatic heterocycles. The minimum atomic E-state index is 0.414. The third-order valence-corrected chi connectivity index (χ3v) is 0.910. The molecular weight excluding hydrogens is 118 g/mol. The van der Waals surface area contributed by atoms with E-state index in [1.165, 1.54) is 13.3 Å². The van der Waals surface area contributed by atoms with E-state index in [9.17, 15) is 0 Å². The van der Waals surface area contributed by atoms with Gasteiger partial charge in [-0.05, 0) is 0 Å². The molecule has 4 nitrogen and oxygen atoms in total. The van der Waals surface area contributed by atoms with Crippen molar-refractivity contribution in [1.29, 1.82) is 0 Å². The van der Waals surface area contributed by atoms with Crippen LogP contribution in [-0.4, -0.2) is 17.3 Å². The van der Waals surface area contributed by atoms with Crippen LogP contribution >= 0.6 is 0 Å². The molecule has 0 fully saturated rings. The molecule has 0 aromatic carbocycles. The monoisotopic (exact) mass is 123 g/mol. The van der Waals surface area contributed by atoms with Gasteiger partial charge in [0.05, 0.1) is 19.9 Å². The van der Waals surface area contributed by atoms with Gasteiger partial charge in [0.25, 0.3) is 5.69 Å². The first-order valence-electron chi connectivity index (χ1n) is 2.33. The highest BCUT2D eigenvalue weighted by Crippen LogP contribution is 2.22. The fourth-order valence-electron chi connectivity index (χ4n) is 0.498. The number of H-pyrrole nitrogens is 1. The summed E-state index contributed by atoms with van der Waals surface area (Å²) in [5, 5.41) is 6.12. The van der Waals surface area contributed by atoms with Crippen LogP contribution in [0.1, 0.15) is 0 Å². The van der Waals surface area contributed by atoms with Crippen LogP contribution in [0.4, 0.5) is 5.69 Å². The van der Waals surface area contributed by atoms with Gasteiger partial charge in [0.15, 0.2) is 0 Å². The third kappa shape index (κ3) is 0.842. The first-order valence-corrected chi connectivity index (χ1v) is 2.33. The molecule has 46 valence electrons. The van der Waals surface area contributed by atoms with Crippen LogP contribution in [-0.2, 0) is 0 Å². The molecule has 1 rings (SSSR count). The second kappa shape index (κ2) is 2.18. The Hall–Kier alpha value is -1.50. The number of methoxy groups -OCH3 is 1. The van der Waals surface area contributed by atoms with Gasteiger partial charge in [-0.25, -0.2) is 4.85 Å². The van der Waals surface area contributed by atoms with E-state index in [0.717, 1.165) is 0 Å². The van der Waals surface area contributed by atoms with Gasteiger partial charge >= 0.3 is 0 Å². The van der Waals surface area contributed by atoms with Crippen LogP contribution in [0.3, 0.4) is 0 Å². The molecule has 1 aromatic rings. The first kappa shape index (κ1) is 5.63. The van der Waals surface area contributed by atoms with E-state index in [2.05, 4.69) is 15.0 Å². The summed E-state index contributed by atoms with van der Waals surface area (Å²) in [7, 11) is 1.49. The van der Waals surface area contributed by atoms with Gasteiger partial charge in [0.1, 0.15) is 0 Å². The lowest BCUT2D eigenvalue weighted by Crippen LogP contribution is -1.80. The number of hydrogen-bond donors (Lipinski definition) is 1. The van der Waals surface area contributed by atoms with Gasteiger partial charge in [-0.3, -0.25) is 5.10 Å². The highest BCUT2D eigenvalue weighted by Gasteiger charge is 2.01. The van der Waals surface area contributed by atoms with Gasteiger partial charge in [-0.15, -0.1) is 0 Å². The zero-order chi connectivity index (χ0) is 6.69. The second-order valence-corrected chi connectivity index (χ2v) is 1.40. The molecule has 1 heterocycles. The van der Waals surface area contributed by atoms with E-state index in [1.807, 2.05) is 0 Å². The van der Waals surface area contributed by atoms with Crippen LogP contribution in [0.25, 0.3) is 4.85 Å². The number of aromatic amines is 1. The highest BCUT2D eigenvalue weighted by molar-refractivity contribution is 5.51. The largest absolute Gasteiger partial charge is 0.490 e. The summed E-state index contributed by atoms with van der Waals surface area (Å²) in [5.74, 6) is 0.421. The minimum Gasteiger partial charge on any atom is -0.490 e. The topological polar surface area (TPSA) is 42.3 Å². The molecule has 0 saturated carbocycles. The van der Waals surface area contributed by atoms with Crippen molar-refractivity contribution in [2.75, 3.05) is 7.11 Å². The smallest absolute Gasteiger partial charge is 0.265 e. The molecule has 0 bridgehead atoms. The summed E-state index contributed by atoms with van der Waals surface area (Å²) >= 11 is 0. The van der Waals surface area contributed by atoms with E-state index in [1.54, 1.807) is 0 Å². The molecule has 0 unspecified atom stereocenters. The molecule has 4 heteroatoms. The lowest BCUT2D eigenvalue weighted by atomic mass is 10.6. The Kier molecular flexibility index (Phi) is 1.36. The van der Waals surface area contributed by atoms with Crippen LogP contribution in [0, 0.1) is 6.57 Å². The van der Waals surface area contributed by atoms with Crippen molar-refractivity contribution in [3.8, 4) is 5.88 Å². The van der Waals surface area contributed by atoms with Gasteiger partial charge in [-0.2, -0.15) is 5.10 Å². The molecule has 0 aliphatic rings. The van der Waals surface area contributed by atoms with Crippen LogP contribution < -0.4 is 4.74 Å². The molecule has 0 aliphatic carbocycles. The van der Waals surface area contributed by atoms with Crippen molar-refractivity contribution in [3.05, 3.63) is 17.6 Å². The summed E-state index contributed by atoms with van der Waals surface area (Å²) < 4.78 is 4.74. The molecule has 1 N–H and O–H groups in total. The summed E-state index contributed by atoms with van der Waals surface area (Å²) in [4.78, 5) is 3.13. The fraction of sp³-hybridized carbons (Fsp3) is 0.200. The van der Waals surface area contributed by atoms with Crippen molar-refractivity contribution >= 4 is 5.69 Å². The van der Waals surface area contributed by atoms with Crippen molar-refractivity contribution in [2.45, 2.75) is 0 Å². The van der Waals surface area contributed by atoms with Gasteiger partial charge in [0, 0.05) is 0 Å². The lowest BCUT2D eigenvalue weighted by Gasteiger charge is -1.90. The molecule has 0 aliphatic heterocycles. The molecule has 0 radical (unpaired) electrons. The Bertz CT molecular complexity index is 235. The van der Waals surface area contributed by atoms with Crippen molar-refractivity contribution in [3.63, 3.8) is 0 Å². The standard InChI is InChI=1S/C5H5N3O/c1-6-4-3-7-8-5(4)9-2/h3H,2H3,(H,7,8). The normalized spacial score (nSPS) is 8.44. The summed E-state index contributed by atoms with van der Waals surface area (Å²) in [5.41, 5.74) is 0.414. The van der Waals surface area contributed by atoms with Gasteiger partial charge in [0.2, 0.25) is 5.88 Å². The number of rotatable bonds is 1.